The van der Waals surface area contributed by atoms with Crippen molar-refractivity contribution >= 4 is 11.6 Å². The quantitative estimate of drug-likeness (QED) is 0.905. The van der Waals surface area contributed by atoms with Crippen LogP contribution in [-0.4, -0.2) is 21.8 Å². The second kappa shape index (κ2) is 5.25. The van der Waals surface area contributed by atoms with Gasteiger partial charge in [0, 0.05) is 0 Å². The number of hydrogen-bond donors (Lipinski definition) is 1. The normalized spacial score (nSPS) is 10.8. The Morgan fingerprint density at radius 2 is 2.29 bits per heavy atom. The Kier molecular flexibility index (Phi) is 3.71. The minimum absolute atomic E-state index is 0.137. The van der Waals surface area contributed by atoms with Gasteiger partial charge in [-0.3, -0.25) is 0 Å². The van der Waals surface area contributed by atoms with Crippen molar-refractivity contribution in [1.29, 1.82) is 0 Å². The van der Waals surface area contributed by atoms with E-state index in [4.69, 9.17) is 11.6 Å². The molecule has 0 radical (unpaired) electrons. The van der Waals surface area contributed by atoms with Crippen LogP contribution in [0.15, 0.2) is 24.5 Å². The molecular formula is C11H12ClFN4. The van der Waals surface area contributed by atoms with Crippen LogP contribution in [0.25, 0.3) is 0 Å². The van der Waals surface area contributed by atoms with E-state index >= 15 is 0 Å². The van der Waals surface area contributed by atoms with Crippen LogP contribution in [-0.2, 0) is 13.1 Å². The highest BCUT2D eigenvalue weighted by atomic mass is 35.5. The van der Waals surface area contributed by atoms with Gasteiger partial charge in [-0.1, -0.05) is 23.7 Å². The average Bonchev–Trinajstić information content (AvgIpc) is 2.73. The summed E-state index contributed by atoms with van der Waals surface area (Å²) >= 11 is 5.86. The summed E-state index contributed by atoms with van der Waals surface area (Å²) in [6.45, 7) is 1.01. The highest BCUT2D eigenvalue weighted by molar-refractivity contribution is 6.31. The summed E-state index contributed by atoms with van der Waals surface area (Å²) in [6, 6.07) is 4.73. The lowest BCUT2D eigenvalue weighted by molar-refractivity contribution is 0.617. The van der Waals surface area contributed by atoms with Gasteiger partial charge < -0.3 is 5.32 Å². The van der Waals surface area contributed by atoms with E-state index in [1.165, 1.54) is 6.07 Å². The molecule has 1 N–H and O–H groups in total. The van der Waals surface area contributed by atoms with Gasteiger partial charge in [-0.05, 0) is 18.7 Å². The largest absolute Gasteiger partial charge is 0.313 e. The Labute approximate surface area is 103 Å². The van der Waals surface area contributed by atoms with Crippen LogP contribution in [0.3, 0.4) is 0 Å². The summed E-state index contributed by atoms with van der Waals surface area (Å²) in [6.07, 6.45) is 1.61. The summed E-state index contributed by atoms with van der Waals surface area (Å²) < 4.78 is 14.9. The molecule has 1 heterocycles. The van der Waals surface area contributed by atoms with E-state index in [0.717, 1.165) is 0 Å². The third-order valence-electron chi connectivity index (χ3n) is 2.28. The molecule has 0 aliphatic heterocycles. The Bertz CT molecular complexity index is 512. The number of nitrogens with one attached hydrogen (secondary N) is 1. The van der Waals surface area contributed by atoms with Gasteiger partial charge in [0.25, 0.3) is 0 Å². The standard InChI is InChI=1S/C11H12ClFN4/c1-14-5-10-15-7-17(16-10)6-8-3-2-4-9(13)11(8)12/h2-4,7,14H,5-6H2,1H3. The summed E-state index contributed by atoms with van der Waals surface area (Å²) in [5.74, 6) is 0.278. The fraction of sp³-hybridized carbons (Fsp3) is 0.273. The zero-order valence-electron chi connectivity index (χ0n) is 9.32. The first kappa shape index (κ1) is 12.0. The van der Waals surface area contributed by atoms with Gasteiger partial charge in [-0.25, -0.2) is 14.1 Å². The molecule has 17 heavy (non-hydrogen) atoms. The molecule has 0 aliphatic rings. The minimum atomic E-state index is -0.417. The molecule has 0 aliphatic carbocycles. The molecule has 1 aromatic carbocycles. The van der Waals surface area contributed by atoms with Crippen LogP contribution in [0.5, 0.6) is 0 Å². The van der Waals surface area contributed by atoms with Crippen molar-refractivity contribution in [3.8, 4) is 0 Å². The van der Waals surface area contributed by atoms with E-state index < -0.39 is 5.82 Å². The van der Waals surface area contributed by atoms with Crippen molar-refractivity contribution in [2.24, 2.45) is 0 Å². The maximum absolute atomic E-state index is 13.2. The first-order valence-electron chi connectivity index (χ1n) is 5.16. The molecule has 0 saturated carbocycles. The van der Waals surface area contributed by atoms with Gasteiger partial charge in [0.1, 0.15) is 12.1 Å². The highest BCUT2D eigenvalue weighted by Gasteiger charge is 2.07. The molecule has 2 aromatic rings. The number of nitrogens with zero attached hydrogens (tertiary/aromatic N) is 3. The van der Waals surface area contributed by atoms with E-state index in [-0.39, 0.29) is 5.02 Å². The fourth-order valence-corrected chi connectivity index (χ4v) is 1.68. The number of rotatable bonds is 4. The maximum Gasteiger partial charge on any atom is 0.164 e. The smallest absolute Gasteiger partial charge is 0.164 e. The number of aromatic nitrogens is 3. The monoisotopic (exact) mass is 254 g/mol. The zero-order valence-corrected chi connectivity index (χ0v) is 10.1. The number of halogens is 2. The van der Waals surface area contributed by atoms with Crippen molar-refractivity contribution in [2.75, 3.05) is 7.05 Å². The van der Waals surface area contributed by atoms with Gasteiger partial charge in [0.15, 0.2) is 5.82 Å². The van der Waals surface area contributed by atoms with Crippen LogP contribution in [0.1, 0.15) is 11.4 Å². The Balaban J connectivity index is 2.16. The summed E-state index contributed by atoms with van der Waals surface area (Å²) in [7, 11) is 1.82. The molecule has 0 saturated heterocycles. The second-order valence-corrected chi connectivity index (χ2v) is 3.98. The molecule has 0 fully saturated rings. The molecule has 0 bridgehead atoms. The Morgan fingerprint density at radius 3 is 3.06 bits per heavy atom. The lowest BCUT2D eigenvalue weighted by atomic mass is 10.2. The van der Waals surface area contributed by atoms with Crippen LogP contribution in [0, 0.1) is 5.82 Å². The molecule has 90 valence electrons. The van der Waals surface area contributed by atoms with Crippen LogP contribution in [0.4, 0.5) is 4.39 Å². The SMILES string of the molecule is CNCc1ncn(Cc2cccc(F)c2Cl)n1. The zero-order chi connectivity index (χ0) is 12.3. The molecule has 2 rings (SSSR count). The molecule has 0 spiro atoms. The van der Waals surface area contributed by atoms with E-state index in [1.807, 2.05) is 7.05 Å². The predicted molar refractivity (Wildman–Crippen MR) is 63.3 cm³/mol. The van der Waals surface area contributed by atoms with Crippen molar-refractivity contribution in [3.05, 3.63) is 46.8 Å². The van der Waals surface area contributed by atoms with Gasteiger partial charge in [0.2, 0.25) is 0 Å². The minimum Gasteiger partial charge on any atom is -0.313 e. The maximum atomic E-state index is 13.2. The Hall–Kier alpha value is -1.46. The third kappa shape index (κ3) is 2.81. The van der Waals surface area contributed by atoms with Crippen LogP contribution < -0.4 is 5.32 Å². The molecule has 6 heteroatoms. The van der Waals surface area contributed by atoms with E-state index in [0.29, 0.717) is 24.5 Å². The van der Waals surface area contributed by atoms with Gasteiger partial charge in [0.05, 0.1) is 18.1 Å². The van der Waals surface area contributed by atoms with E-state index in [9.17, 15) is 4.39 Å². The van der Waals surface area contributed by atoms with Crippen LogP contribution >= 0.6 is 11.6 Å². The Morgan fingerprint density at radius 1 is 1.47 bits per heavy atom. The highest BCUT2D eigenvalue weighted by Crippen LogP contribution is 2.20. The lowest BCUT2D eigenvalue weighted by Crippen LogP contribution is -2.08. The average molecular weight is 255 g/mol. The van der Waals surface area contributed by atoms with Crippen molar-refractivity contribution in [1.82, 2.24) is 20.1 Å². The summed E-state index contributed by atoms with van der Waals surface area (Å²) in [5, 5.41) is 7.32. The van der Waals surface area contributed by atoms with E-state index in [1.54, 1.807) is 23.1 Å². The van der Waals surface area contributed by atoms with E-state index in [2.05, 4.69) is 15.4 Å². The first-order chi connectivity index (χ1) is 8.20. The molecule has 0 atom stereocenters. The topological polar surface area (TPSA) is 42.7 Å². The van der Waals surface area contributed by atoms with Crippen molar-refractivity contribution in [2.45, 2.75) is 13.1 Å². The molecule has 4 nitrogen and oxygen atoms in total. The van der Waals surface area contributed by atoms with Crippen molar-refractivity contribution in [3.63, 3.8) is 0 Å². The molecule has 0 amide bonds. The van der Waals surface area contributed by atoms with Gasteiger partial charge in [-0.15, -0.1) is 0 Å². The molecule has 1 aromatic heterocycles. The number of hydrogen-bond acceptors (Lipinski definition) is 3. The molecule has 0 unspecified atom stereocenters. The third-order valence-corrected chi connectivity index (χ3v) is 2.71. The molecular weight excluding hydrogens is 243 g/mol. The predicted octanol–water partition coefficient (Wildman–Crippen LogP) is 1.84. The fourth-order valence-electron chi connectivity index (χ4n) is 1.49. The summed E-state index contributed by atoms with van der Waals surface area (Å²) in [4.78, 5) is 4.11. The number of benzene rings is 1. The van der Waals surface area contributed by atoms with Gasteiger partial charge >= 0.3 is 0 Å². The first-order valence-corrected chi connectivity index (χ1v) is 5.54. The van der Waals surface area contributed by atoms with Gasteiger partial charge in [-0.2, -0.15) is 5.10 Å². The van der Waals surface area contributed by atoms with Crippen LogP contribution in [0.2, 0.25) is 5.02 Å². The second-order valence-electron chi connectivity index (χ2n) is 3.60. The van der Waals surface area contributed by atoms with Crippen molar-refractivity contribution < 1.29 is 4.39 Å². The lowest BCUT2D eigenvalue weighted by Gasteiger charge is -2.04. The summed E-state index contributed by atoms with van der Waals surface area (Å²) in [5.41, 5.74) is 0.688.